The molecule has 0 saturated carbocycles. The molecule has 4 rings (SSSR count). The number of pyridine rings is 2. The van der Waals surface area contributed by atoms with E-state index in [0.29, 0.717) is 0 Å². The molecule has 0 spiro atoms. The fourth-order valence-corrected chi connectivity index (χ4v) is 3.07. The van der Waals surface area contributed by atoms with Gasteiger partial charge in [0.25, 0.3) is 0 Å². The first-order valence-corrected chi connectivity index (χ1v) is 8.66. The Labute approximate surface area is 154 Å². The van der Waals surface area contributed by atoms with Gasteiger partial charge in [0.1, 0.15) is 0 Å². The van der Waals surface area contributed by atoms with Crippen molar-refractivity contribution in [3.63, 3.8) is 0 Å². The summed E-state index contributed by atoms with van der Waals surface area (Å²) >= 11 is 0. The van der Waals surface area contributed by atoms with Crippen molar-refractivity contribution in [2.24, 2.45) is 0 Å². The molecular weight excluding hydrogens is 316 g/mol. The van der Waals surface area contributed by atoms with Crippen molar-refractivity contribution in [1.82, 2.24) is 0 Å². The summed E-state index contributed by atoms with van der Waals surface area (Å²) in [5, 5.41) is 0. The Bertz CT molecular complexity index is 1020. The molecule has 4 aromatic rings. The first kappa shape index (κ1) is 16.0. The third-order valence-electron chi connectivity index (χ3n) is 4.45. The summed E-state index contributed by atoms with van der Waals surface area (Å²) in [6.45, 7) is 3.98. The lowest BCUT2D eigenvalue weighted by Gasteiger charge is -2.04. The lowest BCUT2D eigenvalue weighted by atomic mass is 10.1. The van der Waals surface area contributed by atoms with Crippen LogP contribution in [0.25, 0.3) is 28.6 Å². The van der Waals surface area contributed by atoms with E-state index < -0.39 is 0 Å². The molecule has 2 nitrogen and oxygen atoms in total. The number of aromatic nitrogens is 2. The SMILES string of the molecule is C=Cc1cc(-c2cc[n+](-c3ccccc3)cc2)cc[n+]1-c1ccccc1. The van der Waals surface area contributed by atoms with Gasteiger partial charge in [0.05, 0.1) is 0 Å². The summed E-state index contributed by atoms with van der Waals surface area (Å²) < 4.78 is 4.26. The monoisotopic (exact) mass is 336 g/mol. The summed E-state index contributed by atoms with van der Waals surface area (Å²) in [5.74, 6) is 0. The fraction of sp³-hybridized carbons (Fsp3) is 0. The molecule has 0 atom stereocenters. The smallest absolute Gasteiger partial charge is 0.167 e. The number of rotatable bonds is 4. The molecule has 0 aliphatic heterocycles. The van der Waals surface area contributed by atoms with Crippen LogP contribution in [0.2, 0.25) is 0 Å². The lowest BCUT2D eigenvalue weighted by Crippen LogP contribution is -2.33. The standard InChI is InChI=1S/C24H20N2/c1-2-22-19-21(15-18-26(22)24-11-7-4-8-12-24)20-13-16-25(17-14-20)23-9-5-3-6-10-23/h2-19H,1H2/q+2. The van der Waals surface area contributed by atoms with Gasteiger partial charge in [0.15, 0.2) is 18.6 Å². The second-order valence-electron chi connectivity index (χ2n) is 6.08. The minimum atomic E-state index is 1.06. The van der Waals surface area contributed by atoms with E-state index in [1.165, 1.54) is 11.1 Å². The molecule has 0 bridgehead atoms. The maximum absolute atomic E-state index is 3.98. The van der Waals surface area contributed by atoms with Gasteiger partial charge in [-0.2, -0.15) is 9.13 Å². The molecule has 2 aromatic carbocycles. The zero-order valence-electron chi connectivity index (χ0n) is 14.5. The second-order valence-corrected chi connectivity index (χ2v) is 6.08. The van der Waals surface area contributed by atoms with E-state index >= 15 is 0 Å². The summed E-state index contributed by atoms with van der Waals surface area (Å²) in [6, 6.07) is 29.2. The largest absolute Gasteiger partial charge is 0.211 e. The molecule has 124 valence electrons. The van der Waals surface area contributed by atoms with Crippen LogP contribution in [-0.2, 0) is 0 Å². The van der Waals surface area contributed by atoms with Crippen LogP contribution in [0.15, 0.2) is 110 Å². The number of nitrogens with zero attached hydrogens (tertiary/aromatic N) is 2. The van der Waals surface area contributed by atoms with Gasteiger partial charge in [-0.15, -0.1) is 0 Å². The minimum absolute atomic E-state index is 1.06. The molecule has 0 N–H and O–H groups in total. The predicted octanol–water partition coefficient (Wildman–Crippen LogP) is 4.55. The van der Waals surface area contributed by atoms with Crippen molar-refractivity contribution in [1.29, 1.82) is 0 Å². The summed E-state index contributed by atoms with van der Waals surface area (Å²) in [4.78, 5) is 0. The maximum atomic E-state index is 3.98. The van der Waals surface area contributed by atoms with Crippen LogP contribution in [0.4, 0.5) is 0 Å². The van der Waals surface area contributed by atoms with Crippen LogP contribution in [0.1, 0.15) is 5.69 Å². The third-order valence-corrected chi connectivity index (χ3v) is 4.45. The zero-order valence-corrected chi connectivity index (χ0v) is 14.5. The first-order valence-electron chi connectivity index (χ1n) is 8.66. The van der Waals surface area contributed by atoms with Gasteiger partial charge in [-0.25, -0.2) is 0 Å². The van der Waals surface area contributed by atoms with E-state index in [1.807, 2.05) is 42.5 Å². The van der Waals surface area contributed by atoms with E-state index in [2.05, 4.69) is 82.8 Å². The van der Waals surface area contributed by atoms with Crippen molar-refractivity contribution >= 4 is 6.08 Å². The quantitative estimate of drug-likeness (QED) is 0.483. The molecule has 2 heterocycles. The van der Waals surface area contributed by atoms with E-state index in [1.54, 1.807) is 0 Å². The highest BCUT2D eigenvalue weighted by molar-refractivity contribution is 5.64. The van der Waals surface area contributed by atoms with Gasteiger partial charge < -0.3 is 0 Å². The Morgan fingerprint density at radius 1 is 0.615 bits per heavy atom. The van der Waals surface area contributed by atoms with Crippen LogP contribution in [-0.4, -0.2) is 0 Å². The highest BCUT2D eigenvalue weighted by Gasteiger charge is 2.13. The summed E-state index contributed by atoms with van der Waals surface area (Å²) in [6.07, 6.45) is 8.18. The predicted molar refractivity (Wildman–Crippen MR) is 105 cm³/mol. The summed E-state index contributed by atoms with van der Waals surface area (Å²) in [7, 11) is 0. The van der Waals surface area contributed by atoms with Gasteiger partial charge in [-0.3, -0.25) is 0 Å². The average molecular weight is 336 g/mol. The van der Waals surface area contributed by atoms with Crippen molar-refractivity contribution in [2.75, 3.05) is 0 Å². The topological polar surface area (TPSA) is 7.76 Å². The van der Waals surface area contributed by atoms with Crippen molar-refractivity contribution in [3.8, 4) is 22.5 Å². The lowest BCUT2D eigenvalue weighted by molar-refractivity contribution is -0.597. The summed E-state index contributed by atoms with van der Waals surface area (Å²) in [5.41, 5.74) is 5.70. The molecule has 0 aliphatic carbocycles. The molecule has 0 radical (unpaired) electrons. The molecule has 0 fully saturated rings. The van der Waals surface area contributed by atoms with Crippen molar-refractivity contribution < 1.29 is 9.13 Å². The Balaban J connectivity index is 1.69. The van der Waals surface area contributed by atoms with E-state index in [9.17, 15) is 0 Å². The molecule has 2 heteroatoms. The third kappa shape index (κ3) is 3.17. The van der Waals surface area contributed by atoms with Crippen LogP contribution < -0.4 is 9.13 Å². The number of para-hydroxylation sites is 2. The highest BCUT2D eigenvalue weighted by Crippen LogP contribution is 2.19. The van der Waals surface area contributed by atoms with Gasteiger partial charge in [-0.1, -0.05) is 43.0 Å². The molecule has 0 amide bonds. The molecular formula is C24H20N2+2. The molecule has 0 aliphatic rings. The Kier molecular flexibility index (Phi) is 4.40. The highest BCUT2D eigenvalue weighted by atomic mass is 15.0. The van der Waals surface area contributed by atoms with E-state index in [-0.39, 0.29) is 0 Å². The van der Waals surface area contributed by atoms with Crippen molar-refractivity contribution in [2.45, 2.75) is 0 Å². The van der Waals surface area contributed by atoms with Crippen LogP contribution in [0.3, 0.4) is 0 Å². The molecule has 0 unspecified atom stereocenters. The molecule has 0 saturated heterocycles. The van der Waals surface area contributed by atoms with Crippen LogP contribution in [0, 0.1) is 0 Å². The first-order chi connectivity index (χ1) is 12.8. The van der Waals surface area contributed by atoms with E-state index in [0.717, 1.165) is 17.1 Å². The Hall–Kier alpha value is -3.52. The van der Waals surface area contributed by atoms with Crippen LogP contribution in [0.5, 0.6) is 0 Å². The zero-order chi connectivity index (χ0) is 17.8. The van der Waals surface area contributed by atoms with Crippen LogP contribution >= 0.6 is 0 Å². The fourth-order valence-electron chi connectivity index (χ4n) is 3.07. The number of benzene rings is 2. The minimum Gasteiger partial charge on any atom is -0.167 e. The second kappa shape index (κ2) is 7.16. The molecule has 2 aromatic heterocycles. The van der Waals surface area contributed by atoms with Gasteiger partial charge >= 0.3 is 0 Å². The Morgan fingerprint density at radius 3 is 1.81 bits per heavy atom. The normalized spacial score (nSPS) is 10.5. The van der Waals surface area contributed by atoms with Crippen molar-refractivity contribution in [3.05, 3.63) is 116 Å². The number of hydrogen-bond donors (Lipinski definition) is 0. The number of hydrogen-bond acceptors (Lipinski definition) is 0. The maximum Gasteiger partial charge on any atom is 0.211 e. The Morgan fingerprint density at radius 2 is 1.19 bits per heavy atom. The van der Waals surface area contributed by atoms with E-state index in [4.69, 9.17) is 0 Å². The van der Waals surface area contributed by atoms with Gasteiger partial charge in [0, 0.05) is 54.6 Å². The molecule has 26 heavy (non-hydrogen) atoms. The van der Waals surface area contributed by atoms with Gasteiger partial charge in [0.2, 0.25) is 17.1 Å². The van der Waals surface area contributed by atoms with Gasteiger partial charge in [-0.05, 0) is 11.1 Å². The average Bonchev–Trinajstić information content (AvgIpc) is 2.74.